The second-order valence-electron chi connectivity index (χ2n) is 4.05. The molecule has 0 atom stereocenters. The van der Waals surface area contributed by atoms with Crippen molar-refractivity contribution < 1.29 is 4.39 Å². The third-order valence-electron chi connectivity index (χ3n) is 2.81. The van der Waals surface area contributed by atoms with Crippen LogP contribution in [0.4, 0.5) is 4.39 Å². The fourth-order valence-electron chi connectivity index (χ4n) is 1.86. The normalized spacial score (nSPS) is 10.4. The highest BCUT2D eigenvalue weighted by Gasteiger charge is 2.08. The molecule has 3 aromatic rings. The number of nitrogens with zero attached hydrogens (tertiary/aromatic N) is 3. The first kappa shape index (κ1) is 11.5. The van der Waals surface area contributed by atoms with Gasteiger partial charge in [-0.25, -0.2) is 4.98 Å². The van der Waals surface area contributed by atoms with Crippen molar-refractivity contribution in [1.29, 1.82) is 0 Å². The summed E-state index contributed by atoms with van der Waals surface area (Å²) in [6, 6.07) is 9.08. The molecule has 3 heterocycles. The van der Waals surface area contributed by atoms with Gasteiger partial charge in [0.1, 0.15) is 0 Å². The summed E-state index contributed by atoms with van der Waals surface area (Å²) in [6.45, 7) is 0. The van der Waals surface area contributed by atoms with Crippen molar-refractivity contribution in [1.82, 2.24) is 15.0 Å². The Morgan fingerprint density at radius 1 is 0.789 bits per heavy atom. The zero-order chi connectivity index (χ0) is 13.1. The fourth-order valence-corrected chi connectivity index (χ4v) is 1.86. The van der Waals surface area contributed by atoms with Crippen molar-refractivity contribution >= 4 is 0 Å². The summed E-state index contributed by atoms with van der Waals surface area (Å²) in [4.78, 5) is 11.9. The minimum atomic E-state index is -0.499. The molecule has 3 aromatic heterocycles. The topological polar surface area (TPSA) is 38.7 Å². The van der Waals surface area contributed by atoms with Gasteiger partial charge in [-0.2, -0.15) is 4.39 Å². The van der Waals surface area contributed by atoms with Gasteiger partial charge in [-0.05, 0) is 18.2 Å². The predicted molar refractivity (Wildman–Crippen MR) is 70.7 cm³/mol. The first-order valence-electron chi connectivity index (χ1n) is 5.81. The molecule has 4 heteroatoms. The molecule has 0 fully saturated rings. The minimum Gasteiger partial charge on any atom is -0.264 e. The van der Waals surface area contributed by atoms with Gasteiger partial charge in [0, 0.05) is 53.2 Å². The lowest BCUT2D eigenvalue weighted by molar-refractivity contribution is 0.588. The molecule has 19 heavy (non-hydrogen) atoms. The number of halogens is 1. The van der Waals surface area contributed by atoms with Crippen LogP contribution in [0.5, 0.6) is 0 Å². The average molecular weight is 251 g/mol. The molecule has 0 N–H and O–H groups in total. The lowest BCUT2D eigenvalue weighted by Crippen LogP contribution is -1.91. The summed E-state index contributed by atoms with van der Waals surface area (Å²) in [5.74, 6) is -0.499. The highest BCUT2D eigenvalue weighted by atomic mass is 19.1. The molecule has 0 unspecified atom stereocenters. The number of aromatic nitrogens is 3. The maximum Gasteiger partial charge on any atom is 0.220 e. The van der Waals surface area contributed by atoms with Crippen LogP contribution in [0.2, 0.25) is 0 Å². The average Bonchev–Trinajstić information content (AvgIpc) is 2.49. The van der Waals surface area contributed by atoms with Crippen molar-refractivity contribution in [2.24, 2.45) is 0 Å². The van der Waals surface area contributed by atoms with Crippen molar-refractivity contribution in [3.8, 4) is 22.3 Å². The quantitative estimate of drug-likeness (QED) is 0.656. The Labute approximate surface area is 109 Å². The van der Waals surface area contributed by atoms with Crippen molar-refractivity contribution in [3.05, 3.63) is 67.3 Å². The minimum absolute atomic E-state index is 0.439. The Bertz CT molecular complexity index is 684. The van der Waals surface area contributed by atoms with Gasteiger partial charge in [0.2, 0.25) is 5.95 Å². The summed E-state index contributed by atoms with van der Waals surface area (Å²) >= 11 is 0. The van der Waals surface area contributed by atoms with E-state index in [1.807, 2.05) is 12.1 Å². The van der Waals surface area contributed by atoms with Crippen LogP contribution < -0.4 is 0 Å². The molecule has 0 saturated heterocycles. The molecule has 0 radical (unpaired) electrons. The number of pyridine rings is 3. The Hall–Kier alpha value is -2.62. The molecule has 0 amide bonds. The molecule has 0 aliphatic rings. The van der Waals surface area contributed by atoms with Crippen LogP contribution >= 0.6 is 0 Å². The van der Waals surface area contributed by atoms with Crippen molar-refractivity contribution in [2.45, 2.75) is 0 Å². The second-order valence-corrected chi connectivity index (χ2v) is 4.05. The Morgan fingerprint density at radius 2 is 1.47 bits per heavy atom. The van der Waals surface area contributed by atoms with Gasteiger partial charge in [-0.3, -0.25) is 9.97 Å². The van der Waals surface area contributed by atoms with Crippen LogP contribution in [0.3, 0.4) is 0 Å². The van der Waals surface area contributed by atoms with E-state index in [1.165, 1.54) is 6.20 Å². The first-order chi connectivity index (χ1) is 9.34. The fraction of sp³-hybridized carbons (Fsp3) is 0. The van der Waals surface area contributed by atoms with Crippen molar-refractivity contribution in [3.63, 3.8) is 0 Å². The monoisotopic (exact) mass is 251 g/mol. The molecular formula is C15H10FN3. The summed E-state index contributed by atoms with van der Waals surface area (Å²) in [5.41, 5.74) is 2.88. The van der Waals surface area contributed by atoms with Crippen LogP contribution in [-0.2, 0) is 0 Å². The standard InChI is InChI=1S/C15H10FN3/c16-15-14(12-4-2-6-18-9-12)7-13(10-19-15)11-3-1-5-17-8-11/h1-10H. The SMILES string of the molecule is Fc1ncc(-c2cccnc2)cc1-c1cccnc1. The zero-order valence-corrected chi connectivity index (χ0v) is 9.99. The number of rotatable bonds is 2. The predicted octanol–water partition coefficient (Wildman–Crippen LogP) is 3.34. The van der Waals surface area contributed by atoms with E-state index in [2.05, 4.69) is 15.0 Å². The van der Waals surface area contributed by atoms with Gasteiger partial charge in [0.15, 0.2) is 0 Å². The van der Waals surface area contributed by atoms with Gasteiger partial charge >= 0.3 is 0 Å². The summed E-state index contributed by atoms with van der Waals surface area (Å²) < 4.78 is 13.8. The van der Waals surface area contributed by atoms with Crippen LogP contribution in [0, 0.1) is 5.95 Å². The van der Waals surface area contributed by atoms with Gasteiger partial charge in [-0.1, -0.05) is 12.1 Å². The Kier molecular flexibility index (Phi) is 2.98. The van der Waals surface area contributed by atoms with E-state index in [1.54, 1.807) is 43.0 Å². The molecule has 3 rings (SSSR count). The van der Waals surface area contributed by atoms with Crippen LogP contribution in [0.25, 0.3) is 22.3 Å². The largest absolute Gasteiger partial charge is 0.264 e. The summed E-state index contributed by atoms with van der Waals surface area (Å²) in [6.07, 6.45) is 8.20. The molecule has 0 aliphatic heterocycles. The lowest BCUT2D eigenvalue weighted by Gasteiger charge is -2.06. The molecule has 92 valence electrons. The van der Waals surface area contributed by atoms with Crippen LogP contribution in [-0.4, -0.2) is 15.0 Å². The molecule has 0 aliphatic carbocycles. The molecule has 0 spiro atoms. The van der Waals surface area contributed by atoms with Gasteiger partial charge in [0.05, 0.1) is 0 Å². The Balaban J connectivity index is 2.12. The van der Waals surface area contributed by atoms with E-state index in [-0.39, 0.29) is 0 Å². The lowest BCUT2D eigenvalue weighted by atomic mass is 10.0. The van der Waals surface area contributed by atoms with Crippen LogP contribution in [0.15, 0.2) is 61.3 Å². The van der Waals surface area contributed by atoms with Crippen molar-refractivity contribution in [2.75, 3.05) is 0 Å². The smallest absolute Gasteiger partial charge is 0.220 e. The highest BCUT2D eigenvalue weighted by Crippen LogP contribution is 2.26. The second kappa shape index (κ2) is 4.94. The zero-order valence-electron chi connectivity index (χ0n) is 9.99. The van der Waals surface area contributed by atoms with E-state index >= 15 is 0 Å². The van der Waals surface area contributed by atoms with Gasteiger partial charge in [-0.15, -0.1) is 0 Å². The molecule has 3 nitrogen and oxygen atoms in total. The maximum atomic E-state index is 13.8. The van der Waals surface area contributed by atoms with Gasteiger partial charge in [0.25, 0.3) is 0 Å². The third kappa shape index (κ3) is 2.33. The maximum absolute atomic E-state index is 13.8. The van der Waals surface area contributed by atoms with E-state index in [4.69, 9.17) is 0 Å². The molecule has 0 saturated carbocycles. The summed E-state index contributed by atoms with van der Waals surface area (Å²) in [5, 5.41) is 0. The molecular weight excluding hydrogens is 241 g/mol. The highest BCUT2D eigenvalue weighted by molar-refractivity contribution is 5.71. The number of hydrogen-bond donors (Lipinski definition) is 0. The Morgan fingerprint density at radius 3 is 2.11 bits per heavy atom. The van der Waals surface area contributed by atoms with E-state index in [0.717, 1.165) is 11.1 Å². The number of hydrogen-bond acceptors (Lipinski definition) is 3. The van der Waals surface area contributed by atoms with E-state index in [0.29, 0.717) is 11.1 Å². The van der Waals surface area contributed by atoms with E-state index < -0.39 is 5.95 Å². The van der Waals surface area contributed by atoms with Gasteiger partial charge < -0.3 is 0 Å². The first-order valence-corrected chi connectivity index (χ1v) is 5.81. The molecule has 0 aromatic carbocycles. The molecule has 0 bridgehead atoms. The van der Waals surface area contributed by atoms with E-state index in [9.17, 15) is 4.39 Å². The third-order valence-corrected chi connectivity index (χ3v) is 2.81. The van der Waals surface area contributed by atoms with Crippen LogP contribution in [0.1, 0.15) is 0 Å². The summed E-state index contributed by atoms with van der Waals surface area (Å²) in [7, 11) is 0.